The highest BCUT2D eigenvalue weighted by atomic mass is 14.3. The molecule has 1 aliphatic carbocycles. The molecule has 0 heteroatoms. The zero-order chi connectivity index (χ0) is 7.61. The third-order valence-corrected chi connectivity index (χ3v) is 2.73. The van der Waals surface area contributed by atoms with E-state index in [9.17, 15) is 0 Å². The predicted molar refractivity (Wildman–Crippen MR) is 45.9 cm³/mol. The van der Waals surface area contributed by atoms with Gasteiger partial charge >= 0.3 is 0 Å². The molecule has 0 bridgehead atoms. The van der Waals surface area contributed by atoms with Crippen LogP contribution in [0.15, 0.2) is 24.8 Å². The first-order valence-corrected chi connectivity index (χ1v) is 4.01. The second-order valence-corrected chi connectivity index (χ2v) is 3.50. The summed E-state index contributed by atoms with van der Waals surface area (Å²) in [6.07, 6.45) is 7.24. The Hall–Kier alpha value is -0.520. The van der Waals surface area contributed by atoms with Crippen LogP contribution in [0.2, 0.25) is 0 Å². The van der Waals surface area contributed by atoms with Crippen LogP contribution in [0.4, 0.5) is 0 Å². The first-order chi connectivity index (χ1) is 4.69. The van der Waals surface area contributed by atoms with Gasteiger partial charge in [0.05, 0.1) is 0 Å². The minimum Gasteiger partial charge on any atom is -0.0988 e. The van der Waals surface area contributed by atoms with Gasteiger partial charge in [-0.25, -0.2) is 0 Å². The minimum absolute atomic E-state index is 0.391. The van der Waals surface area contributed by atoms with Crippen molar-refractivity contribution in [3.8, 4) is 0 Å². The van der Waals surface area contributed by atoms with Gasteiger partial charge in [0.15, 0.2) is 0 Å². The Balaban J connectivity index is 2.66. The summed E-state index contributed by atoms with van der Waals surface area (Å²) < 4.78 is 0. The van der Waals surface area contributed by atoms with Gasteiger partial charge < -0.3 is 0 Å². The molecule has 0 atom stereocenters. The quantitative estimate of drug-likeness (QED) is 0.511. The summed E-state index contributed by atoms with van der Waals surface area (Å²) in [5, 5.41) is 0. The van der Waals surface area contributed by atoms with Crippen molar-refractivity contribution in [2.45, 2.75) is 32.6 Å². The van der Waals surface area contributed by atoms with Crippen molar-refractivity contribution in [3.63, 3.8) is 0 Å². The van der Waals surface area contributed by atoms with Crippen LogP contribution in [0, 0.1) is 5.41 Å². The maximum Gasteiger partial charge on any atom is -0.00813 e. The molecule has 1 fully saturated rings. The molecule has 0 aromatic rings. The van der Waals surface area contributed by atoms with Crippen molar-refractivity contribution < 1.29 is 0 Å². The molecule has 0 heterocycles. The Labute approximate surface area is 63.6 Å². The van der Waals surface area contributed by atoms with Gasteiger partial charge in [0.1, 0.15) is 0 Å². The molecule has 1 rings (SSSR count). The van der Waals surface area contributed by atoms with E-state index in [1.165, 1.54) is 31.3 Å². The van der Waals surface area contributed by atoms with E-state index in [0.717, 1.165) is 0 Å². The Kier molecular flexibility index (Phi) is 1.98. The van der Waals surface area contributed by atoms with E-state index in [-0.39, 0.29) is 0 Å². The van der Waals surface area contributed by atoms with E-state index in [1.807, 2.05) is 6.08 Å². The average Bonchev–Trinajstić information content (AvgIpc) is 2.36. The summed E-state index contributed by atoms with van der Waals surface area (Å²) in [5.41, 5.74) is 1.62. The van der Waals surface area contributed by atoms with Crippen molar-refractivity contribution >= 4 is 0 Å². The third kappa shape index (κ3) is 1.16. The molecule has 10 heavy (non-hydrogen) atoms. The Bertz CT molecular complexity index is 147. The normalized spacial score (nSPS) is 22.5. The second kappa shape index (κ2) is 2.61. The molecule has 1 aliphatic rings. The summed E-state index contributed by atoms with van der Waals surface area (Å²) >= 11 is 0. The standard InChI is InChI=1S/C10H16/c1-4-9(2)10(3)7-5-6-8-10/h4H,1-2,5-8H2,3H3. The van der Waals surface area contributed by atoms with Crippen LogP contribution in [0.1, 0.15) is 32.6 Å². The molecule has 0 spiro atoms. The van der Waals surface area contributed by atoms with Gasteiger partial charge in [-0.1, -0.05) is 39.0 Å². The van der Waals surface area contributed by atoms with Gasteiger partial charge in [-0.05, 0) is 23.8 Å². The van der Waals surface area contributed by atoms with Crippen molar-refractivity contribution in [3.05, 3.63) is 24.8 Å². The van der Waals surface area contributed by atoms with Crippen LogP contribution >= 0.6 is 0 Å². The summed E-state index contributed by atoms with van der Waals surface area (Å²) in [6, 6.07) is 0. The first-order valence-electron chi connectivity index (χ1n) is 4.01. The lowest BCUT2D eigenvalue weighted by Crippen LogP contribution is -2.11. The lowest BCUT2D eigenvalue weighted by molar-refractivity contribution is 0.426. The third-order valence-electron chi connectivity index (χ3n) is 2.73. The van der Waals surface area contributed by atoms with E-state index < -0.39 is 0 Å². The number of allylic oxidation sites excluding steroid dienone is 2. The molecule has 0 nitrogen and oxygen atoms in total. The van der Waals surface area contributed by atoms with Crippen LogP contribution in [0.25, 0.3) is 0 Å². The number of hydrogen-bond donors (Lipinski definition) is 0. The van der Waals surface area contributed by atoms with Crippen LogP contribution in [-0.2, 0) is 0 Å². The molecule has 0 aromatic carbocycles. The maximum atomic E-state index is 4.01. The van der Waals surface area contributed by atoms with Crippen molar-refractivity contribution in [2.75, 3.05) is 0 Å². The zero-order valence-corrected chi connectivity index (χ0v) is 6.82. The molecule has 0 saturated heterocycles. The molecule has 1 saturated carbocycles. The topological polar surface area (TPSA) is 0 Å². The van der Waals surface area contributed by atoms with Crippen LogP contribution < -0.4 is 0 Å². The average molecular weight is 136 g/mol. The fourth-order valence-electron chi connectivity index (χ4n) is 1.72. The highest BCUT2D eigenvalue weighted by Crippen LogP contribution is 2.43. The molecule has 0 amide bonds. The highest BCUT2D eigenvalue weighted by Gasteiger charge is 2.29. The summed E-state index contributed by atoms with van der Waals surface area (Å²) in [5.74, 6) is 0. The van der Waals surface area contributed by atoms with Gasteiger partial charge in [0.2, 0.25) is 0 Å². The lowest BCUT2D eigenvalue weighted by Gasteiger charge is -2.23. The van der Waals surface area contributed by atoms with Gasteiger partial charge in [0.25, 0.3) is 0 Å². The predicted octanol–water partition coefficient (Wildman–Crippen LogP) is 3.31. The van der Waals surface area contributed by atoms with Crippen molar-refractivity contribution in [1.29, 1.82) is 0 Å². The Morgan fingerprint density at radius 2 is 1.90 bits per heavy atom. The number of rotatable bonds is 2. The van der Waals surface area contributed by atoms with E-state index in [0.29, 0.717) is 5.41 Å². The molecule has 0 aromatic heterocycles. The van der Waals surface area contributed by atoms with Crippen molar-refractivity contribution in [1.82, 2.24) is 0 Å². The molecule has 0 unspecified atom stereocenters. The van der Waals surface area contributed by atoms with Crippen LogP contribution in [-0.4, -0.2) is 0 Å². The molecule has 0 N–H and O–H groups in total. The van der Waals surface area contributed by atoms with Gasteiger partial charge in [-0.15, -0.1) is 0 Å². The first kappa shape index (κ1) is 7.59. The monoisotopic (exact) mass is 136 g/mol. The summed E-state index contributed by atoms with van der Waals surface area (Å²) in [4.78, 5) is 0. The Morgan fingerprint density at radius 3 is 2.30 bits per heavy atom. The molecule has 0 aliphatic heterocycles. The number of hydrogen-bond acceptors (Lipinski definition) is 0. The minimum atomic E-state index is 0.391. The fourth-order valence-corrected chi connectivity index (χ4v) is 1.72. The maximum absolute atomic E-state index is 4.01. The largest absolute Gasteiger partial charge is 0.0988 e. The molecule has 0 radical (unpaired) electrons. The van der Waals surface area contributed by atoms with Gasteiger partial charge in [0, 0.05) is 0 Å². The molecular weight excluding hydrogens is 120 g/mol. The Morgan fingerprint density at radius 1 is 1.40 bits per heavy atom. The van der Waals surface area contributed by atoms with E-state index >= 15 is 0 Å². The van der Waals surface area contributed by atoms with Gasteiger partial charge in [-0.3, -0.25) is 0 Å². The highest BCUT2D eigenvalue weighted by molar-refractivity contribution is 5.21. The van der Waals surface area contributed by atoms with E-state index in [2.05, 4.69) is 20.1 Å². The second-order valence-electron chi connectivity index (χ2n) is 3.50. The van der Waals surface area contributed by atoms with Gasteiger partial charge in [-0.2, -0.15) is 0 Å². The smallest absolute Gasteiger partial charge is 0.00813 e. The molecular formula is C10H16. The lowest BCUT2D eigenvalue weighted by atomic mass is 9.81. The molecule has 56 valence electrons. The zero-order valence-electron chi connectivity index (χ0n) is 6.82. The van der Waals surface area contributed by atoms with E-state index in [4.69, 9.17) is 0 Å². The van der Waals surface area contributed by atoms with E-state index in [1.54, 1.807) is 0 Å². The SMILES string of the molecule is C=CC(=C)C1(C)CCCC1. The fraction of sp³-hybridized carbons (Fsp3) is 0.600. The summed E-state index contributed by atoms with van der Waals surface area (Å²) in [7, 11) is 0. The summed E-state index contributed by atoms with van der Waals surface area (Å²) in [6.45, 7) is 10.1. The van der Waals surface area contributed by atoms with Crippen molar-refractivity contribution in [2.24, 2.45) is 5.41 Å². The van der Waals surface area contributed by atoms with Crippen LogP contribution in [0.3, 0.4) is 0 Å². The van der Waals surface area contributed by atoms with Crippen LogP contribution in [0.5, 0.6) is 0 Å².